The predicted octanol–water partition coefficient (Wildman–Crippen LogP) is 1.78. The van der Waals surface area contributed by atoms with Gasteiger partial charge in [0.2, 0.25) is 0 Å². The molecule has 1 saturated heterocycles. The summed E-state index contributed by atoms with van der Waals surface area (Å²) in [5.74, 6) is 2.94. The normalized spacial score (nSPS) is 29.4. The fourth-order valence-electron chi connectivity index (χ4n) is 1.31. The summed E-state index contributed by atoms with van der Waals surface area (Å²) in [7, 11) is -2.80. The van der Waals surface area contributed by atoms with Crippen LogP contribution >= 0.6 is 23.4 Å². The van der Waals surface area contributed by atoms with Gasteiger partial charge in [-0.05, 0) is 18.1 Å². The van der Waals surface area contributed by atoms with Crippen LogP contribution in [0.4, 0.5) is 0 Å². The van der Waals surface area contributed by atoms with E-state index in [1.54, 1.807) is 6.92 Å². The lowest BCUT2D eigenvalue weighted by Crippen LogP contribution is -2.18. The van der Waals surface area contributed by atoms with Crippen LogP contribution in [0.25, 0.3) is 0 Å². The average molecular weight is 243 g/mol. The summed E-state index contributed by atoms with van der Waals surface area (Å²) >= 11 is 7.86. The van der Waals surface area contributed by atoms with Crippen molar-refractivity contribution in [3.05, 3.63) is 0 Å². The van der Waals surface area contributed by atoms with Crippen molar-refractivity contribution in [3.63, 3.8) is 0 Å². The maximum Gasteiger partial charge on any atom is 0.150 e. The van der Waals surface area contributed by atoms with E-state index < -0.39 is 9.84 Å². The van der Waals surface area contributed by atoms with Gasteiger partial charge in [-0.1, -0.05) is 6.92 Å². The van der Waals surface area contributed by atoms with E-state index in [9.17, 15) is 8.42 Å². The molecular formula is C8H15ClO2S2. The molecule has 1 fully saturated rings. The summed E-state index contributed by atoms with van der Waals surface area (Å²) in [6, 6.07) is 0. The minimum absolute atomic E-state index is 0.178. The molecule has 1 rings (SSSR count). The number of sulfone groups is 1. The van der Waals surface area contributed by atoms with Crippen molar-refractivity contribution >= 4 is 33.2 Å². The molecule has 0 aliphatic carbocycles. The van der Waals surface area contributed by atoms with Crippen LogP contribution in [0.5, 0.6) is 0 Å². The van der Waals surface area contributed by atoms with Crippen LogP contribution < -0.4 is 0 Å². The van der Waals surface area contributed by atoms with E-state index in [-0.39, 0.29) is 11.1 Å². The number of rotatable bonds is 4. The molecule has 0 aromatic heterocycles. The lowest BCUT2D eigenvalue weighted by atomic mass is 10.1. The topological polar surface area (TPSA) is 34.1 Å². The van der Waals surface area contributed by atoms with E-state index in [4.69, 9.17) is 11.6 Å². The maximum atomic E-state index is 11.2. The van der Waals surface area contributed by atoms with Gasteiger partial charge in [-0.25, -0.2) is 8.42 Å². The third kappa shape index (κ3) is 3.68. The van der Waals surface area contributed by atoms with Crippen molar-refractivity contribution in [3.8, 4) is 0 Å². The Kier molecular flexibility index (Phi) is 4.39. The van der Waals surface area contributed by atoms with Gasteiger partial charge in [0.25, 0.3) is 0 Å². The Morgan fingerprint density at radius 1 is 1.46 bits per heavy atom. The Hall–Kier alpha value is 0.590. The van der Waals surface area contributed by atoms with E-state index in [0.29, 0.717) is 11.7 Å². The van der Waals surface area contributed by atoms with Crippen molar-refractivity contribution < 1.29 is 8.42 Å². The van der Waals surface area contributed by atoms with Crippen LogP contribution in [0.3, 0.4) is 0 Å². The molecule has 2 unspecified atom stereocenters. The van der Waals surface area contributed by atoms with E-state index in [0.717, 1.165) is 17.9 Å². The van der Waals surface area contributed by atoms with Gasteiger partial charge in [-0.2, -0.15) is 11.8 Å². The van der Waals surface area contributed by atoms with Crippen molar-refractivity contribution in [1.82, 2.24) is 0 Å². The maximum absolute atomic E-state index is 11.2. The van der Waals surface area contributed by atoms with Crippen molar-refractivity contribution in [2.24, 2.45) is 5.92 Å². The van der Waals surface area contributed by atoms with Gasteiger partial charge < -0.3 is 0 Å². The van der Waals surface area contributed by atoms with Gasteiger partial charge in [-0.15, -0.1) is 11.6 Å². The average Bonchev–Trinajstić information content (AvgIpc) is 2.48. The lowest BCUT2D eigenvalue weighted by molar-refractivity contribution is 0.559. The van der Waals surface area contributed by atoms with Crippen LogP contribution in [0.2, 0.25) is 0 Å². The Morgan fingerprint density at radius 3 is 2.62 bits per heavy atom. The molecule has 0 radical (unpaired) electrons. The van der Waals surface area contributed by atoms with Gasteiger partial charge in [0.15, 0.2) is 0 Å². The summed E-state index contributed by atoms with van der Waals surface area (Å²) in [6.45, 7) is 1.69. The monoisotopic (exact) mass is 242 g/mol. The van der Waals surface area contributed by atoms with Gasteiger partial charge >= 0.3 is 0 Å². The van der Waals surface area contributed by atoms with E-state index in [2.05, 4.69) is 0 Å². The molecule has 0 N–H and O–H groups in total. The smallest absolute Gasteiger partial charge is 0.150 e. The summed E-state index contributed by atoms with van der Waals surface area (Å²) in [5.41, 5.74) is 0. The third-order valence-corrected chi connectivity index (χ3v) is 6.05. The zero-order chi connectivity index (χ0) is 9.90. The molecule has 0 saturated carbocycles. The molecule has 0 amide bonds. The molecule has 1 heterocycles. The second kappa shape index (κ2) is 4.89. The Labute approximate surface area is 89.3 Å². The largest absolute Gasteiger partial charge is 0.229 e. The number of thioether (sulfide) groups is 1. The van der Waals surface area contributed by atoms with Crippen LogP contribution in [-0.2, 0) is 9.84 Å². The molecule has 0 aromatic rings. The van der Waals surface area contributed by atoms with Crippen LogP contribution in [0.15, 0.2) is 0 Å². The van der Waals surface area contributed by atoms with Crippen molar-refractivity contribution in [2.45, 2.75) is 18.7 Å². The Balaban J connectivity index is 2.34. The first kappa shape index (κ1) is 11.7. The molecule has 0 bridgehead atoms. The highest BCUT2D eigenvalue weighted by Crippen LogP contribution is 2.30. The molecule has 5 heteroatoms. The zero-order valence-corrected chi connectivity index (χ0v) is 10.1. The fourth-order valence-corrected chi connectivity index (χ4v) is 4.19. The number of hydrogen-bond donors (Lipinski definition) is 0. The molecular weight excluding hydrogens is 228 g/mol. The summed E-state index contributed by atoms with van der Waals surface area (Å²) in [4.78, 5) is 0. The molecule has 1 aliphatic rings. The molecule has 0 spiro atoms. The SMILES string of the molecule is CCS(=O)(=O)CCC1CSCC1Cl. The van der Waals surface area contributed by atoms with E-state index in [1.807, 2.05) is 11.8 Å². The van der Waals surface area contributed by atoms with E-state index in [1.165, 1.54) is 0 Å². The molecule has 2 atom stereocenters. The van der Waals surface area contributed by atoms with Crippen LogP contribution in [0, 0.1) is 5.92 Å². The van der Waals surface area contributed by atoms with Crippen molar-refractivity contribution in [1.29, 1.82) is 0 Å². The first-order valence-electron chi connectivity index (χ1n) is 4.47. The van der Waals surface area contributed by atoms with E-state index >= 15 is 0 Å². The minimum Gasteiger partial charge on any atom is -0.229 e. The number of alkyl halides is 1. The number of hydrogen-bond acceptors (Lipinski definition) is 3. The lowest BCUT2D eigenvalue weighted by Gasteiger charge is -2.11. The fraction of sp³-hybridized carbons (Fsp3) is 1.00. The highest BCUT2D eigenvalue weighted by Gasteiger charge is 2.26. The summed E-state index contributed by atoms with van der Waals surface area (Å²) < 4.78 is 22.4. The summed E-state index contributed by atoms with van der Waals surface area (Å²) in [5, 5.41) is 0.178. The predicted molar refractivity (Wildman–Crippen MR) is 59.4 cm³/mol. The van der Waals surface area contributed by atoms with Gasteiger partial charge in [-0.3, -0.25) is 0 Å². The molecule has 78 valence electrons. The second-order valence-corrected chi connectivity index (χ2v) is 7.45. The third-order valence-electron chi connectivity index (χ3n) is 2.36. The van der Waals surface area contributed by atoms with Gasteiger partial charge in [0, 0.05) is 16.9 Å². The first-order chi connectivity index (χ1) is 6.05. The Bertz CT molecular complexity index is 251. The summed E-state index contributed by atoms with van der Waals surface area (Å²) in [6.07, 6.45) is 0.733. The van der Waals surface area contributed by atoms with Gasteiger partial charge in [0.1, 0.15) is 9.84 Å². The second-order valence-electron chi connectivity index (χ2n) is 3.34. The van der Waals surface area contributed by atoms with Crippen LogP contribution in [-0.4, -0.2) is 36.8 Å². The highest BCUT2D eigenvalue weighted by molar-refractivity contribution is 7.99. The molecule has 0 aromatic carbocycles. The molecule has 1 aliphatic heterocycles. The zero-order valence-electron chi connectivity index (χ0n) is 7.70. The van der Waals surface area contributed by atoms with Crippen molar-refractivity contribution in [2.75, 3.05) is 23.0 Å². The Morgan fingerprint density at radius 2 is 2.15 bits per heavy atom. The van der Waals surface area contributed by atoms with Gasteiger partial charge in [0.05, 0.1) is 5.75 Å². The first-order valence-corrected chi connectivity index (χ1v) is 7.88. The molecule has 2 nitrogen and oxygen atoms in total. The standard InChI is InChI=1S/C8H15ClO2S2/c1-2-13(10,11)4-3-7-5-12-6-8(7)9/h7-8H,2-6H2,1H3. The number of halogens is 1. The highest BCUT2D eigenvalue weighted by atomic mass is 35.5. The minimum atomic E-state index is -2.80. The molecule has 13 heavy (non-hydrogen) atoms. The van der Waals surface area contributed by atoms with Crippen LogP contribution in [0.1, 0.15) is 13.3 Å². The quantitative estimate of drug-likeness (QED) is 0.705.